The van der Waals surface area contributed by atoms with Gasteiger partial charge >= 0.3 is 0 Å². The van der Waals surface area contributed by atoms with Gasteiger partial charge in [0.15, 0.2) is 0 Å². The number of likely N-dealkylation sites (N-methyl/N-ethyl adjacent to an activating group) is 1. The molecule has 1 aliphatic heterocycles. The van der Waals surface area contributed by atoms with Gasteiger partial charge in [0, 0.05) is 19.3 Å². The van der Waals surface area contributed by atoms with Crippen molar-refractivity contribution >= 4 is 17.5 Å². The molecule has 0 aromatic heterocycles. The maximum Gasteiger partial charge on any atom is 0.242 e. The van der Waals surface area contributed by atoms with Crippen molar-refractivity contribution in [3.05, 3.63) is 29.8 Å². The number of benzene rings is 1. The summed E-state index contributed by atoms with van der Waals surface area (Å²) in [4.78, 5) is 27.8. The van der Waals surface area contributed by atoms with E-state index in [0.29, 0.717) is 6.54 Å². The van der Waals surface area contributed by atoms with E-state index in [2.05, 4.69) is 0 Å². The third-order valence-corrected chi connectivity index (χ3v) is 3.93. The summed E-state index contributed by atoms with van der Waals surface area (Å²) in [5.41, 5.74) is 1.14. The van der Waals surface area contributed by atoms with Gasteiger partial charge in [-0.1, -0.05) is 18.2 Å². The second kappa shape index (κ2) is 5.57. The van der Waals surface area contributed by atoms with Crippen LogP contribution in [0.5, 0.6) is 0 Å². The first-order chi connectivity index (χ1) is 9.89. The first kappa shape index (κ1) is 15.0. The van der Waals surface area contributed by atoms with E-state index in [0.717, 1.165) is 11.3 Å². The summed E-state index contributed by atoms with van der Waals surface area (Å²) in [6, 6.07) is 9.57. The number of anilines is 1. The lowest BCUT2D eigenvalue weighted by atomic mass is 9.86. The molecule has 21 heavy (non-hydrogen) atoms. The highest BCUT2D eigenvalue weighted by Crippen LogP contribution is 2.41. The van der Waals surface area contributed by atoms with Gasteiger partial charge in [0.2, 0.25) is 11.8 Å². The lowest BCUT2D eigenvalue weighted by Gasteiger charge is -2.23. The lowest BCUT2D eigenvalue weighted by Crippen LogP contribution is -2.43. The number of rotatable bonds is 4. The molecule has 0 fully saturated rings. The Morgan fingerprint density at radius 1 is 1.38 bits per heavy atom. The van der Waals surface area contributed by atoms with Crippen LogP contribution in [0.2, 0.25) is 0 Å². The minimum absolute atomic E-state index is 0.0151. The summed E-state index contributed by atoms with van der Waals surface area (Å²) in [7, 11) is 1.65. The molecule has 0 unspecified atom stereocenters. The summed E-state index contributed by atoms with van der Waals surface area (Å²) < 4.78 is 0. The van der Waals surface area contributed by atoms with Gasteiger partial charge < -0.3 is 9.80 Å². The number of fused-ring (bicyclic) bond motifs is 1. The van der Waals surface area contributed by atoms with Crippen LogP contribution < -0.4 is 4.90 Å². The molecule has 0 saturated heterocycles. The fourth-order valence-corrected chi connectivity index (χ4v) is 2.55. The Labute approximate surface area is 124 Å². The number of amides is 2. The zero-order chi connectivity index (χ0) is 15.6. The van der Waals surface area contributed by atoms with Crippen molar-refractivity contribution in [1.82, 2.24) is 4.90 Å². The standard InChI is InChI=1S/C16H19N3O2/c1-16(2)12-7-4-5-8-13(12)19(15(16)21)11-14(20)18(3)10-6-9-17/h4-5,7-8H,6,10-11H2,1-3H3. The monoisotopic (exact) mass is 285 g/mol. The minimum atomic E-state index is -0.609. The number of nitrogens with zero attached hydrogens (tertiary/aromatic N) is 3. The van der Waals surface area contributed by atoms with Crippen LogP contribution in [-0.4, -0.2) is 36.9 Å². The number of para-hydroxylation sites is 1. The number of hydrogen-bond donors (Lipinski definition) is 0. The van der Waals surface area contributed by atoms with Gasteiger partial charge in [-0.05, 0) is 25.5 Å². The van der Waals surface area contributed by atoms with Gasteiger partial charge in [0.25, 0.3) is 0 Å². The van der Waals surface area contributed by atoms with Crippen molar-refractivity contribution in [1.29, 1.82) is 5.26 Å². The minimum Gasteiger partial charge on any atom is -0.343 e. The predicted octanol–water partition coefficient (Wildman–Crippen LogP) is 1.68. The summed E-state index contributed by atoms with van der Waals surface area (Å²) in [6.45, 7) is 4.14. The van der Waals surface area contributed by atoms with E-state index in [9.17, 15) is 9.59 Å². The molecule has 1 aliphatic rings. The molecule has 0 spiro atoms. The molecule has 2 amide bonds. The quantitative estimate of drug-likeness (QED) is 0.845. The van der Waals surface area contributed by atoms with E-state index < -0.39 is 5.41 Å². The van der Waals surface area contributed by atoms with Crippen LogP contribution in [0.15, 0.2) is 24.3 Å². The predicted molar refractivity (Wildman–Crippen MR) is 79.7 cm³/mol. The largest absolute Gasteiger partial charge is 0.343 e. The van der Waals surface area contributed by atoms with Gasteiger partial charge in [-0.15, -0.1) is 0 Å². The second-order valence-corrected chi connectivity index (χ2v) is 5.76. The zero-order valence-corrected chi connectivity index (χ0v) is 12.6. The van der Waals surface area contributed by atoms with Crippen LogP contribution in [0.4, 0.5) is 5.69 Å². The van der Waals surface area contributed by atoms with E-state index in [1.165, 1.54) is 4.90 Å². The molecule has 0 bridgehead atoms. The summed E-state index contributed by atoms with van der Waals surface area (Å²) >= 11 is 0. The van der Waals surface area contributed by atoms with Crippen molar-refractivity contribution < 1.29 is 9.59 Å². The molecule has 0 atom stereocenters. The highest BCUT2D eigenvalue weighted by Gasteiger charge is 2.44. The number of nitriles is 1. The van der Waals surface area contributed by atoms with Crippen molar-refractivity contribution in [3.63, 3.8) is 0 Å². The first-order valence-corrected chi connectivity index (χ1v) is 6.92. The molecule has 1 aromatic rings. The van der Waals surface area contributed by atoms with E-state index >= 15 is 0 Å². The molecule has 0 N–H and O–H groups in total. The van der Waals surface area contributed by atoms with Crippen LogP contribution in [0.1, 0.15) is 25.8 Å². The molecule has 0 saturated carbocycles. The molecule has 1 heterocycles. The molecular formula is C16H19N3O2. The summed E-state index contributed by atoms with van der Waals surface area (Å²) in [6.07, 6.45) is 0.290. The van der Waals surface area contributed by atoms with E-state index in [4.69, 9.17) is 5.26 Å². The Bertz CT molecular complexity index is 616. The SMILES string of the molecule is CN(CCC#N)C(=O)CN1C(=O)C(C)(C)c2ccccc21. The Morgan fingerprint density at radius 2 is 2.05 bits per heavy atom. The Balaban J connectivity index is 2.20. The molecule has 110 valence electrons. The third kappa shape index (κ3) is 2.62. The van der Waals surface area contributed by atoms with Gasteiger partial charge in [0.1, 0.15) is 6.54 Å². The van der Waals surface area contributed by atoms with Gasteiger partial charge in [-0.25, -0.2) is 0 Å². The normalized spacial score (nSPS) is 15.5. The van der Waals surface area contributed by atoms with Crippen molar-refractivity contribution in [2.75, 3.05) is 25.0 Å². The number of carbonyl (C=O) groups excluding carboxylic acids is 2. The Morgan fingerprint density at radius 3 is 2.71 bits per heavy atom. The molecule has 1 aromatic carbocycles. The first-order valence-electron chi connectivity index (χ1n) is 6.92. The molecule has 5 heteroatoms. The van der Waals surface area contributed by atoms with E-state index in [1.54, 1.807) is 11.9 Å². The zero-order valence-electron chi connectivity index (χ0n) is 12.6. The number of hydrogen-bond acceptors (Lipinski definition) is 3. The fourth-order valence-electron chi connectivity index (χ4n) is 2.55. The molecule has 0 aliphatic carbocycles. The Hall–Kier alpha value is -2.35. The third-order valence-electron chi connectivity index (χ3n) is 3.93. The lowest BCUT2D eigenvalue weighted by molar-refractivity contribution is -0.130. The van der Waals surface area contributed by atoms with Gasteiger partial charge in [0.05, 0.1) is 17.9 Å². The molecule has 2 rings (SSSR count). The second-order valence-electron chi connectivity index (χ2n) is 5.76. The van der Waals surface area contributed by atoms with E-state index in [1.807, 2.05) is 44.2 Å². The summed E-state index contributed by atoms with van der Waals surface area (Å²) in [5.74, 6) is -0.225. The van der Waals surface area contributed by atoms with E-state index in [-0.39, 0.29) is 24.8 Å². The number of carbonyl (C=O) groups is 2. The van der Waals surface area contributed by atoms with Crippen molar-refractivity contribution in [2.45, 2.75) is 25.7 Å². The molecular weight excluding hydrogens is 266 g/mol. The topological polar surface area (TPSA) is 64.4 Å². The Kier molecular flexibility index (Phi) is 3.99. The van der Waals surface area contributed by atoms with Gasteiger partial charge in [-0.3, -0.25) is 9.59 Å². The molecule has 5 nitrogen and oxygen atoms in total. The summed E-state index contributed by atoms with van der Waals surface area (Å²) in [5, 5.41) is 8.57. The van der Waals surface area contributed by atoms with Crippen molar-refractivity contribution in [3.8, 4) is 6.07 Å². The smallest absolute Gasteiger partial charge is 0.242 e. The van der Waals surface area contributed by atoms with Crippen LogP contribution >= 0.6 is 0 Å². The average molecular weight is 285 g/mol. The maximum atomic E-state index is 12.6. The molecule has 0 radical (unpaired) electrons. The fraction of sp³-hybridized carbons (Fsp3) is 0.438. The van der Waals surface area contributed by atoms with Crippen LogP contribution in [0.25, 0.3) is 0 Å². The van der Waals surface area contributed by atoms with Gasteiger partial charge in [-0.2, -0.15) is 5.26 Å². The highest BCUT2D eigenvalue weighted by molar-refractivity contribution is 6.10. The van der Waals surface area contributed by atoms with Crippen LogP contribution in [0.3, 0.4) is 0 Å². The van der Waals surface area contributed by atoms with Crippen molar-refractivity contribution in [2.24, 2.45) is 0 Å². The maximum absolute atomic E-state index is 12.6. The van der Waals surface area contributed by atoms with Crippen LogP contribution in [0, 0.1) is 11.3 Å². The average Bonchev–Trinajstić information content (AvgIpc) is 2.66. The highest BCUT2D eigenvalue weighted by atomic mass is 16.2. The van der Waals surface area contributed by atoms with Crippen LogP contribution in [-0.2, 0) is 15.0 Å².